The Bertz CT molecular complexity index is 66.4. The summed E-state index contributed by atoms with van der Waals surface area (Å²) in [5, 5.41) is 0. The lowest BCUT2D eigenvalue weighted by Gasteiger charge is -2.16. The van der Waals surface area contributed by atoms with Crippen LogP contribution in [0.1, 0.15) is 53.4 Å². The first kappa shape index (κ1) is 10.0. The molecule has 0 amide bonds. The van der Waals surface area contributed by atoms with Crippen LogP contribution >= 0.6 is 0 Å². The highest BCUT2D eigenvalue weighted by atomic mass is 14.1. The smallest absolute Gasteiger partial charge is 0.0246 e. The van der Waals surface area contributed by atoms with E-state index in [1.54, 1.807) is 5.92 Å². The maximum Gasteiger partial charge on any atom is -0.0246 e. The highest BCUT2D eigenvalue weighted by molar-refractivity contribution is 4.87. The topological polar surface area (TPSA) is 0 Å². The summed E-state index contributed by atoms with van der Waals surface area (Å²) in [4.78, 5) is 0. The van der Waals surface area contributed by atoms with Crippen LogP contribution < -0.4 is 0 Å². The number of hydrogen-bond acceptors (Lipinski definition) is 0. The number of hydrogen-bond donors (Lipinski definition) is 0. The highest BCUT2D eigenvalue weighted by Crippen LogP contribution is 2.21. The Balaban J connectivity index is 3.31. The predicted molar refractivity (Wildman–Crippen MR) is 47.9 cm³/mol. The van der Waals surface area contributed by atoms with Crippen molar-refractivity contribution in [3.63, 3.8) is 0 Å². The van der Waals surface area contributed by atoms with Gasteiger partial charge in [0.05, 0.1) is 0 Å². The molecular weight excluding hydrogens is 120 g/mol. The quantitative estimate of drug-likeness (QED) is 0.546. The second-order valence-electron chi connectivity index (χ2n) is 3.24. The number of rotatable bonds is 5. The van der Waals surface area contributed by atoms with E-state index in [4.69, 9.17) is 0 Å². The zero-order valence-corrected chi connectivity index (χ0v) is 7.91. The second-order valence-corrected chi connectivity index (χ2v) is 3.24. The summed E-state index contributed by atoms with van der Waals surface area (Å²) in [6.45, 7) is 9.13. The summed E-state index contributed by atoms with van der Waals surface area (Å²) < 4.78 is 0. The van der Waals surface area contributed by atoms with Gasteiger partial charge in [0.2, 0.25) is 0 Å². The molecule has 0 rings (SSSR count). The van der Waals surface area contributed by atoms with Crippen molar-refractivity contribution >= 4 is 0 Å². The van der Waals surface area contributed by atoms with Crippen molar-refractivity contribution in [2.24, 2.45) is 5.92 Å². The largest absolute Gasteiger partial charge is 0.0654 e. The van der Waals surface area contributed by atoms with Crippen LogP contribution in [0.25, 0.3) is 0 Å². The molecule has 0 aromatic rings. The molecule has 0 aliphatic carbocycles. The summed E-state index contributed by atoms with van der Waals surface area (Å²) in [7, 11) is 0. The Labute approximate surface area is 66.0 Å². The van der Waals surface area contributed by atoms with Gasteiger partial charge in [-0.15, -0.1) is 0 Å². The first-order valence-electron chi connectivity index (χ1n) is 4.54. The van der Waals surface area contributed by atoms with E-state index in [-0.39, 0.29) is 0 Å². The van der Waals surface area contributed by atoms with Gasteiger partial charge in [-0.2, -0.15) is 0 Å². The van der Waals surface area contributed by atoms with Gasteiger partial charge in [0.25, 0.3) is 0 Å². The molecule has 0 heteroatoms. The van der Waals surface area contributed by atoms with Crippen LogP contribution in [0.15, 0.2) is 0 Å². The molecule has 0 N–H and O–H groups in total. The fourth-order valence-electron chi connectivity index (χ4n) is 1.11. The molecule has 10 heavy (non-hydrogen) atoms. The molecule has 0 bridgehead atoms. The molecule has 1 atom stereocenters. The zero-order valence-electron chi connectivity index (χ0n) is 7.91. The molecule has 0 aromatic carbocycles. The van der Waals surface area contributed by atoms with Crippen molar-refractivity contribution in [3.8, 4) is 0 Å². The molecule has 0 nitrogen and oxygen atoms in total. The molecule has 0 spiro atoms. The Morgan fingerprint density at radius 3 is 2.30 bits per heavy atom. The Morgan fingerprint density at radius 1 is 1.30 bits per heavy atom. The Morgan fingerprint density at radius 2 is 1.90 bits per heavy atom. The van der Waals surface area contributed by atoms with Crippen molar-refractivity contribution in [3.05, 3.63) is 5.92 Å². The van der Waals surface area contributed by atoms with Crippen LogP contribution in [-0.4, -0.2) is 0 Å². The molecule has 1 radical (unpaired) electrons. The van der Waals surface area contributed by atoms with Gasteiger partial charge < -0.3 is 0 Å². The van der Waals surface area contributed by atoms with Gasteiger partial charge in [-0.05, 0) is 18.3 Å². The fourth-order valence-corrected chi connectivity index (χ4v) is 1.11. The average Bonchev–Trinajstić information content (AvgIpc) is 1.98. The van der Waals surface area contributed by atoms with E-state index in [1.165, 1.54) is 25.7 Å². The maximum absolute atomic E-state index is 2.34. The van der Waals surface area contributed by atoms with Gasteiger partial charge >= 0.3 is 0 Å². The first-order chi connectivity index (χ1) is 4.72. The average molecular weight is 141 g/mol. The maximum atomic E-state index is 2.34. The highest BCUT2D eigenvalue weighted by Gasteiger charge is 2.08. The van der Waals surface area contributed by atoms with Crippen molar-refractivity contribution in [2.75, 3.05) is 0 Å². The molecule has 0 fully saturated rings. The van der Waals surface area contributed by atoms with Gasteiger partial charge in [0.15, 0.2) is 0 Å². The van der Waals surface area contributed by atoms with Crippen molar-refractivity contribution < 1.29 is 0 Å². The number of unbranched alkanes of at least 4 members (excludes halogenated alkanes) is 1. The van der Waals surface area contributed by atoms with Crippen molar-refractivity contribution in [1.29, 1.82) is 0 Å². The minimum atomic E-state index is 0.852. The van der Waals surface area contributed by atoms with E-state index in [0.29, 0.717) is 0 Å². The third-order valence-corrected chi connectivity index (χ3v) is 2.39. The van der Waals surface area contributed by atoms with E-state index in [9.17, 15) is 0 Å². The zero-order chi connectivity index (χ0) is 7.98. The van der Waals surface area contributed by atoms with Gasteiger partial charge in [0, 0.05) is 0 Å². The molecular formula is C10H21. The van der Waals surface area contributed by atoms with Gasteiger partial charge in [-0.3, -0.25) is 0 Å². The van der Waals surface area contributed by atoms with E-state index in [2.05, 4.69) is 27.7 Å². The molecule has 0 heterocycles. The van der Waals surface area contributed by atoms with Crippen LogP contribution in [0.5, 0.6) is 0 Å². The van der Waals surface area contributed by atoms with Gasteiger partial charge in [0.1, 0.15) is 0 Å². The van der Waals surface area contributed by atoms with Crippen LogP contribution in [0.2, 0.25) is 0 Å². The van der Waals surface area contributed by atoms with Gasteiger partial charge in [-0.1, -0.05) is 47.0 Å². The normalized spacial score (nSPS) is 14.1. The van der Waals surface area contributed by atoms with E-state index >= 15 is 0 Å². The summed E-state index contributed by atoms with van der Waals surface area (Å²) in [5.74, 6) is 2.51. The van der Waals surface area contributed by atoms with Crippen molar-refractivity contribution in [1.82, 2.24) is 0 Å². The standard InChI is InChI=1S/C10H21/c1-5-7-8-10(4)9(3)6-2/h10H,5-8H2,1-4H3. The lowest BCUT2D eigenvalue weighted by molar-refractivity contribution is 0.502. The molecule has 0 aliphatic heterocycles. The van der Waals surface area contributed by atoms with Crippen LogP contribution in [0, 0.1) is 11.8 Å². The van der Waals surface area contributed by atoms with Crippen LogP contribution in [0.3, 0.4) is 0 Å². The second kappa shape index (κ2) is 5.76. The van der Waals surface area contributed by atoms with E-state index < -0.39 is 0 Å². The summed E-state index contributed by atoms with van der Waals surface area (Å²) >= 11 is 0. The lowest BCUT2D eigenvalue weighted by atomic mass is 9.89. The summed E-state index contributed by atoms with van der Waals surface area (Å²) in [6, 6.07) is 0. The van der Waals surface area contributed by atoms with Crippen molar-refractivity contribution in [2.45, 2.75) is 53.4 Å². The third kappa shape index (κ3) is 3.92. The molecule has 61 valence electrons. The third-order valence-electron chi connectivity index (χ3n) is 2.39. The van der Waals surface area contributed by atoms with E-state index in [0.717, 1.165) is 5.92 Å². The predicted octanol–water partition coefficient (Wildman–Crippen LogP) is 3.82. The minimum Gasteiger partial charge on any atom is -0.0654 e. The Kier molecular flexibility index (Phi) is 5.76. The molecule has 1 unspecified atom stereocenters. The molecule has 0 saturated carbocycles. The van der Waals surface area contributed by atoms with E-state index in [1.807, 2.05) is 0 Å². The Hall–Kier alpha value is 0. The first-order valence-corrected chi connectivity index (χ1v) is 4.54. The lowest BCUT2D eigenvalue weighted by Crippen LogP contribution is -2.03. The molecule has 0 saturated heterocycles. The minimum absolute atomic E-state index is 0.852. The molecule has 0 aromatic heterocycles. The van der Waals surface area contributed by atoms with Crippen LogP contribution in [-0.2, 0) is 0 Å². The monoisotopic (exact) mass is 141 g/mol. The molecule has 0 aliphatic rings. The SMILES string of the molecule is CCCCC(C)[C](C)CC. The summed E-state index contributed by atoms with van der Waals surface area (Å²) in [6.07, 6.45) is 5.36. The fraction of sp³-hybridized carbons (Fsp3) is 0.900. The van der Waals surface area contributed by atoms with Gasteiger partial charge in [-0.25, -0.2) is 0 Å². The summed E-state index contributed by atoms with van der Waals surface area (Å²) in [5.41, 5.74) is 0. The van der Waals surface area contributed by atoms with Crippen LogP contribution in [0.4, 0.5) is 0 Å².